The first-order valence-electron chi connectivity index (χ1n) is 12.8. The first kappa shape index (κ1) is 29.7. The van der Waals surface area contributed by atoms with E-state index in [1.807, 2.05) is 22.8 Å². The van der Waals surface area contributed by atoms with Gasteiger partial charge in [0.2, 0.25) is 0 Å². The number of benzene rings is 4. The van der Waals surface area contributed by atoms with Gasteiger partial charge in [0.15, 0.2) is 0 Å². The SMILES string of the molecule is O=C(OCc1c(COc2ccc(Cl)cc2)n(CC#CCOc2ccc(Cl)cc2)c2ccc(Cl)cc12)c1cccc(Cl)c1. The van der Waals surface area contributed by atoms with Crippen molar-refractivity contribution < 1.29 is 19.0 Å². The summed E-state index contributed by atoms with van der Waals surface area (Å²) < 4.78 is 19.6. The van der Waals surface area contributed by atoms with Crippen molar-refractivity contribution in [3.63, 3.8) is 0 Å². The predicted molar refractivity (Wildman–Crippen MR) is 168 cm³/mol. The lowest BCUT2D eigenvalue weighted by Gasteiger charge is -2.12. The van der Waals surface area contributed by atoms with Crippen molar-refractivity contribution in [2.75, 3.05) is 6.61 Å². The van der Waals surface area contributed by atoms with Crippen LogP contribution in [0.25, 0.3) is 10.9 Å². The number of esters is 1. The molecule has 0 aliphatic carbocycles. The van der Waals surface area contributed by atoms with Gasteiger partial charge in [0.1, 0.15) is 31.3 Å². The molecular weight excluding hydrogens is 616 g/mol. The molecule has 5 nitrogen and oxygen atoms in total. The topological polar surface area (TPSA) is 49.7 Å². The van der Waals surface area contributed by atoms with Gasteiger partial charge in [0.25, 0.3) is 0 Å². The highest BCUT2D eigenvalue weighted by Gasteiger charge is 2.20. The highest BCUT2D eigenvalue weighted by molar-refractivity contribution is 6.31. The number of fused-ring (bicyclic) bond motifs is 1. The van der Waals surface area contributed by atoms with Crippen LogP contribution in [0.3, 0.4) is 0 Å². The van der Waals surface area contributed by atoms with E-state index in [0.717, 1.165) is 22.2 Å². The quantitative estimate of drug-likeness (QED) is 0.119. The molecule has 0 bridgehead atoms. The molecule has 212 valence electrons. The van der Waals surface area contributed by atoms with E-state index < -0.39 is 5.97 Å². The Morgan fingerprint density at radius 1 is 0.690 bits per heavy atom. The molecule has 0 radical (unpaired) electrons. The molecule has 0 spiro atoms. The van der Waals surface area contributed by atoms with Gasteiger partial charge in [0, 0.05) is 36.6 Å². The third-order valence-electron chi connectivity index (χ3n) is 6.33. The van der Waals surface area contributed by atoms with Gasteiger partial charge in [-0.25, -0.2) is 4.79 Å². The summed E-state index contributed by atoms with van der Waals surface area (Å²) in [6.07, 6.45) is 0. The molecule has 5 aromatic rings. The molecule has 0 aliphatic rings. The van der Waals surface area contributed by atoms with Crippen LogP contribution < -0.4 is 9.47 Å². The molecule has 5 rings (SSSR count). The van der Waals surface area contributed by atoms with E-state index in [9.17, 15) is 4.79 Å². The zero-order chi connectivity index (χ0) is 29.5. The van der Waals surface area contributed by atoms with Crippen molar-refractivity contribution in [1.82, 2.24) is 4.57 Å². The zero-order valence-electron chi connectivity index (χ0n) is 22.1. The van der Waals surface area contributed by atoms with Crippen LogP contribution in [0.2, 0.25) is 20.1 Å². The van der Waals surface area contributed by atoms with E-state index in [0.29, 0.717) is 43.7 Å². The van der Waals surface area contributed by atoms with Gasteiger partial charge in [-0.1, -0.05) is 64.3 Å². The summed E-state index contributed by atoms with van der Waals surface area (Å²) >= 11 is 24.5. The maximum absolute atomic E-state index is 12.9. The maximum atomic E-state index is 12.9. The predicted octanol–water partition coefficient (Wildman–Crippen LogP) is 9.27. The summed E-state index contributed by atoms with van der Waals surface area (Å²) in [5, 5.41) is 3.07. The van der Waals surface area contributed by atoms with Crippen molar-refractivity contribution in [3.05, 3.63) is 128 Å². The normalized spacial score (nSPS) is 10.7. The Morgan fingerprint density at radius 2 is 1.33 bits per heavy atom. The van der Waals surface area contributed by atoms with Crippen molar-refractivity contribution in [2.45, 2.75) is 19.8 Å². The summed E-state index contributed by atoms with van der Waals surface area (Å²) in [5.41, 5.74) is 2.77. The molecule has 0 saturated carbocycles. The molecule has 0 amide bonds. The Balaban J connectivity index is 1.44. The third-order valence-corrected chi connectivity index (χ3v) is 7.31. The average molecular weight is 639 g/mol. The smallest absolute Gasteiger partial charge is 0.338 e. The lowest BCUT2D eigenvalue weighted by Crippen LogP contribution is -2.10. The first-order valence-corrected chi connectivity index (χ1v) is 14.3. The second-order valence-electron chi connectivity index (χ2n) is 9.10. The maximum Gasteiger partial charge on any atom is 0.338 e. The minimum absolute atomic E-state index is 0.0123. The Morgan fingerprint density at radius 3 is 2.02 bits per heavy atom. The second-order valence-corrected chi connectivity index (χ2v) is 10.8. The highest BCUT2D eigenvalue weighted by atomic mass is 35.5. The fourth-order valence-electron chi connectivity index (χ4n) is 4.31. The molecule has 0 unspecified atom stereocenters. The number of hydrogen-bond donors (Lipinski definition) is 0. The molecular formula is C33H23Cl4NO4. The van der Waals surface area contributed by atoms with Crippen molar-refractivity contribution in [3.8, 4) is 23.3 Å². The highest BCUT2D eigenvalue weighted by Crippen LogP contribution is 2.31. The number of rotatable bonds is 9. The van der Waals surface area contributed by atoms with Gasteiger partial charge in [-0.3, -0.25) is 0 Å². The molecule has 0 fully saturated rings. The largest absolute Gasteiger partial charge is 0.487 e. The Labute approximate surface area is 263 Å². The summed E-state index contributed by atoms with van der Waals surface area (Å²) in [6, 6.07) is 26.4. The molecule has 42 heavy (non-hydrogen) atoms. The number of carbonyl (C=O) groups is 1. The number of halogens is 4. The summed E-state index contributed by atoms with van der Waals surface area (Å²) in [7, 11) is 0. The van der Waals surface area contributed by atoms with Crippen LogP contribution in [0.4, 0.5) is 0 Å². The number of nitrogens with zero attached hydrogens (tertiary/aromatic N) is 1. The molecule has 1 heterocycles. The third kappa shape index (κ3) is 7.53. The number of ether oxygens (including phenoxy) is 3. The molecule has 0 N–H and O–H groups in total. The summed E-state index contributed by atoms with van der Waals surface area (Å²) in [6.45, 7) is 0.708. The van der Waals surface area contributed by atoms with E-state index in [1.54, 1.807) is 72.8 Å². The fraction of sp³-hybridized carbons (Fsp3) is 0.121. The van der Waals surface area contributed by atoms with Crippen molar-refractivity contribution >= 4 is 63.3 Å². The Kier molecular flexibility index (Phi) is 9.84. The van der Waals surface area contributed by atoms with Crippen molar-refractivity contribution in [1.29, 1.82) is 0 Å². The molecule has 4 aromatic carbocycles. The number of aromatic nitrogens is 1. The molecule has 0 saturated heterocycles. The molecule has 0 aliphatic heterocycles. The van der Waals surface area contributed by atoms with Gasteiger partial charge in [-0.05, 0) is 84.9 Å². The van der Waals surface area contributed by atoms with Crippen LogP contribution >= 0.6 is 46.4 Å². The minimum atomic E-state index is -0.496. The van der Waals surface area contributed by atoms with E-state index in [2.05, 4.69) is 11.8 Å². The number of carbonyl (C=O) groups excluding carboxylic acids is 1. The van der Waals surface area contributed by atoms with Crippen LogP contribution in [-0.2, 0) is 24.5 Å². The fourth-order valence-corrected chi connectivity index (χ4v) is 4.93. The van der Waals surface area contributed by atoms with E-state index in [4.69, 9.17) is 60.6 Å². The number of hydrogen-bond acceptors (Lipinski definition) is 4. The van der Waals surface area contributed by atoms with Gasteiger partial charge in [-0.2, -0.15) is 0 Å². The zero-order valence-corrected chi connectivity index (χ0v) is 25.1. The van der Waals surface area contributed by atoms with Crippen LogP contribution in [0.5, 0.6) is 11.5 Å². The second kappa shape index (κ2) is 13.9. The van der Waals surface area contributed by atoms with Gasteiger partial charge in [0.05, 0.1) is 17.8 Å². The summed E-state index contributed by atoms with van der Waals surface area (Å²) in [5.74, 6) is 7.06. The molecule has 1 aromatic heterocycles. The van der Waals surface area contributed by atoms with Crippen molar-refractivity contribution in [2.24, 2.45) is 0 Å². The van der Waals surface area contributed by atoms with E-state index in [-0.39, 0.29) is 19.8 Å². The first-order chi connectivity index (χ1) is 20.4. The Bertz CT molecular complexity index is 1770. The average Bonchev–Trinajstić information content (AvgIpc) is 3.27. The van der Waals surface area contributed by atoms with Crippen LogP contribution in [0, 0.1) is 11.8 Å². The van der Waals surface area contributed by atoms with E-state index >= 15 is 0 Å². The van der Waals surface area contributed by atoms with Gasteiger partial charge < -0.3 is 18.8 Å². The molecule has 9 heteroatoms. The standard InChI is InChI=1S/C33H23Cl4NO4/c34-23-6-11-27(12-7-23)40-17-2-1-16-38-31-15-10-26(37)19-29(31)30(20-42-33(39)22-4-3-5-25(36)18-22)32(38)21-41-28-13-8-24(35)9-14-28/h3-15,18-19H,16-17,20-21H2. The Hall–Kier alpha value is -3.79. The van der Waals surface area contributed by atoms with Crippen LogP contribution in [-0.4, -0.2) is 17.1 Å². The van der Waals surface area contributed by atoms with Crippen LogP contribution in [0.15, 0.2) is 91.0 Å². The van der Waals surface area contributed by atoms with Gasteiger partial charge in [-0.15, -0.1) is 0 Å². The lowest BCUT2D eigenvalue weighted by molar-refractivity contribution is 0.0472. The summed E-state index contributed by atoms with van der Waals surface area (Å²) in [4.78, 5) is 12.9. The van der Waals surface area contributed by atoms with E-state index in [1.165, 1.54) is 0 Å². The van der Waals surface area contributed by atoms with Crippen LogP contribution in [0.1, 0.15) is 21.6 Å². The monoisotopic (exact) mass is 637 g/mol. The minimum Gasteiger partial charge on any atom is -0.487 e. The van der Waals surface area contributed by atoms with Gasteiger partial charge >= 0.3 is 5.97 Å². The molecule has 0 atom stereocenters. The lowest BCUT2D eigenvalue weighted by atomic mass is 10.1.